The number of rotatable bonds is 6. The zero-order valence-electron chi connectivity index (χ0n) is 12.3. The molecule has 0 aliphatic carbocycles. The molecule has 0 aliphatic heterocycles. The van der Waals surface area contributed by atoms with Crippen molar-refractivity contribution in [3.05, 3.63) is 53.5 Å². The van der Waals surface area contributed by atoms with E-state index in [4.69, 9.17) is 14.9 Å². The normalized spacial score (nSPS) is 12.0. The molecule has 21 heavy (non-hydrogen) atoms. The van der Waals surface area contributed by atoms with E-state index in [-0.39, 0.29) is 17.7 Å². The lowest BCUT2D eigenvalue weighted by Gasteiger charge is -2.05. The number of hydrogen-bond donors (Lipinski definition) is 2. The maximum absolute atomic E-state index is 11.9. The third-order valence-corrected chi connectivity index (χ3v) is 3.16. The first-order valence-electron chi connectivity index (χ1n) is 6.86. The van der Waals surface area contributed by atoms with Gasteiger partial charge >= 0.3 is 0 Å². The first kappa shape index (κ1) is 15.1. The zero-order valence-corrected chi connectivity index (χ0v) is 12.3. The predicted molar refractivity (Wildman–Crippen MR) is 80.3 cm³/mol. The van der Waals surface area contributed by atoms with E-state index in [0.717, 1.165) is 17.7 Å². The molecule has 2 rings (SSSR count). The number of carbonyl (C=O) groups is 1. The van der Waals surface area contributed by atoms with Crippen LogP contribution in [0.25, 0.3) is 0 Å². The number of furan rings is 1. The molecule has 0 saturated heterocycles. The molecule has 1 aromatic heterocycles. The van der Waals surface area contributed by atoms with Crippen LogP contribution in [0.2, 0.25) is 0 Å². The van der Waals surface area contributed by atoms with Crippen LogP contribution in [0, 0.1) is 0 Å². The lowest BCUT2D eigenvalue weighted by molar-refractivity contribution is 0.0924. The Morgan fingerprint density at radius 1 is 1.29 bits per heavy atom. The van der Waals surface area contributed by atoms with E-state index in [1.54, 1.807) is 19.2 Å². The Bertz CT molecular complexity index is 588. The molecule has 0 saturated carbocycles. The molecule has 5 heteroatoms. The zero-order chi connectivity index (χ0) is 15.2. The average Bonchev–Trinajstić information content (AvgIpc) is 2.98. The van der Waals surface area contributed by atoms with E-state index in [0.29, 0.717) is 12.3 Å². The third kappa shape index (κ3) is 4.10. The topological polar surface area (TPSA) is 77.5 Å². The van der Waals surface area contributed by atoms with Crippen molar-refractivity contribution in [2.75, 3.05) is 13.7 Å². The largest absolute Gasteiger partial charge is 0.497 e. The molecule has 1 unspecified atom stereocenters. The van der Waals surface area contributed by atoms with Gasteiger partial charge in [-0.2, -0.15) is 0 Å². The summed E-state index contributed by atoms with van der Waals surface area (Å²) in [7, 11) is 1.63. The molecule has 1 amide bonds. The van der Waals surface area contributed by atoms with Gasteiger partial charge in [0.05, 0.1) is 13.2 Å². The number of carbonyl (C=O) groups excluding carboxylic acids is 1. The van der Waals surface area contributed by atoms with Gasteiger partial charge in [-0.15, -0.1) is 0 Å². The van der Waals surface area contributed by atoms with Crippen molar-refractivity contribution in [1.29, 1.82) is 0 Å². The van der Waals surface area contributed by atoms with E-state index < -0.39 is 0 Å². The van der Waals surface area contributed by atoms with Crippen LogP contribution in [-0.4, -0.2) is 19.6 Å². The molecule has 0 radical (unpaired) electrons. The Morgan fingerprint density at radius 3 is 2.57 bits per heavy atom. The van der Waals surface area contributed by atoms with Gasteiger partial charge in [0.25, 0.3) is 5.91 Å². The summed E-state index contributed by atoms with van der Waals surface area (Å²) in [4.78, 5) is 11.9. The van der Waals surface area contributed by atoms with Gasteiger partial charge in [0.1, 0.15) is 11.5 Å². The van der Waals surface area contributed by atoms with E-state index in [9.17, 15) is 4.79 Å². The Labute approximate surface area is 124 Å². The van der Waals surface area contributed by atoms with Crippen LogP contribution in [0.3, 0.4) is 0 Å². The maximum Gasteiger partial charge on any atom is 0.287 e. The second kappa shape index (κ2) is 6.95. The molecule has 5 nitrogen and oxygen atoms in total. The Hall–Kier alpha value is -2.27. The van der Waals surface area contributed by atoms with Crippen molar-refractivity contribution in [2.24, 2.45) is 5.73 Å². The van der Waals surface area contributed by atoms with Gasteiger partial charge in [-0.05, 0) is 43.2 Å². The Morgan fingerprint density at radius 2 is 2.00 bits per heavy atom. The maximum atomic E-state index is 11.9. The molecular weight excluding hydrogens is 268 g/mol. The van der Waals surface area contributed by atoms with Gasteiger partial charge in [0, 0.05) is 6.54 Å². The third-order valence-electron chi connectivity index (χ3n) is 3.16. The van der Waals surface area contributed by atoms with Gasteiger partial charge in [0.2, 0.25) is 0 Å². The quantitative estimate of drug-likeness (QED) is 0.855. The van der Waals surface area contributed by atoms with E-state index in [1.807, 2.05) is 31.2 Å². The van der Waals surface area contributed by atoms with Gasteiger partial charge < -0.3 is 20.2 Å². The van der Waals surface area contributed by atoms with Crippen molar-refractivity contribution in [2.45, 2.75) is 19.4 Å². The molecule has 0 fully saturated rings. The molecule has 0 aliphatic rings. The molecule has 2 aromatic rings. The fraction of sp³-hybridized carbons (Fsp3) is 0.312. The van der Waals surface area contributed by atoms with Crippen molar-refractivity contribution < 1.29 is 13.9 Å². The number of ether oxygens (including phenoxy) is 1. The van der Waals surface area contributed by atoms with Crippen LogP contribution < -0.4 is 15.8 Å². The summed E-state index contributed by atoms with van der Waals surface area (Å²) in [5, 5.41) is 2.82. The fourth-order valence-electron chi connectivity index (χ4n) is 1.92. The monoisotopic (exact) mass is 288 g/mol. The van der Waals surface area contributed by atoms with Crippen LogP contribution in [0.15, 0.2) is 40.8 Å². The highest BCUT2D eigenvalue weighted by Crippen LogP contribution is 2.14. The number of amides is 1. The van der Waals surface area contributed by atoms with Crippen molar-refractivity contribution >= 4 is 5.91 Å². The van der Waals surface area contributed by atoms with Gasteiger partial charge in [-0.25, -0.2) is 0 Å². The number of hydrogen-bond acceptors (Lipinski definition) is 4. The van der Waals surface area contributed by atoms with Crippen molar-refractivity contribution in [3.8, 4) is 5.75 Å². The molecule has 112 valence electrons. The van der Waals surface area contributed by atoms with Crippen LogP contribution in [0.1, 0.15) is 34.8 Å². The summed E-state index contributed by atoms with van der Waals surface area (Å²) in [6.45, 7) is 2.35. The van der Waals surface area contributed by atoms with Crippen LogP contribution in [0.4, 0.5) is 0 Å². The molecule has 3 N–H and O–H groups in total. The van der Waals surface area contributed by atoms with Gasteiger partial charge in [-0.3, -0.25) is 4.79 Å². The molecular formula is C16H20N2O3. The van der Waals surface area contributed by atoms with Crippen molar-refractivity contribution in [3.63, 3.8) is 0 Å². The minimum absolute atomic E-state index is 0.217. The summed E-state index contributed by atoms with van der Waals surface area (Å²) >= 11 is 0. The molecule has 1 heterocycles. The first-order valence-corrected chi connectivity index (χ1v) is 6.86. The summed E-state index contributed by atoms with van der Waals surface area (Å²) in [5.41, 5.74) is 6.82. The van der Waals surface area contributed by atoms with Gasteiger partial charge in [-0.1, -0.05) is 12.1 Å². The summed E-state index contributed by atoms with van der Waals surface area (Å²) in [5.74, 6) is 1.49. The number of nitrogens with two attached hydrogens (primary N) is 1. The Kier molecular flexibility index (Phi) is 5.00. The van der Waals surface area contributed by atoms with Gasteiger partial charge in [0.15, 0.2) is 5.76 Å². The predicted octanol–water partition coefficient (Wildman–Crippen LogP) is 2.28. The molecule has 1 atom stereocenters. The minimum atomic E-state index is -0.226. The SMILES string of the molecule is COc1ccc(CCNC(=O)c2ccc(C(C)N)o2)cc1. The highest BCUT2D eigenvalue weighted by Gasteiger charge is 2.12. The Balaban J connectivity index is 1.83. The number of methoxy groups -OCH3 is 1. The highest BCUT2D eigenvalue weighted by atomic mass is 16.5. The molecule has 0 spiro atoms. The van der Waals surface area contributed by atoms with Crippen LogP contribution >= 0.6 is 0 Å². The van der Waals surface area contributed by atoms with E-state index >= 15 is 0 Å². The fourth-order valence-corrected chi connectivity index (χ4v) is 1.92. The van der Waals surface area contributed by atoms with E-state index in [1.165, 1.54) is 0 Å². The number of benzene rings is 1. The minimum Gasteiger partial charge on any atom is -0.497 e. The molecule has 1 aromatic carbocycles. The smallest absolute Gasteiger partial charge is 0.287 e. The summed E-state index contributed by atoms with van der Waals surface area (Å²) < 4.78 is 10.5. The first-order chi connectivity index (χ1) is 10.1. The van der Waals surface area contributed by atoms with E-state index in [2.05, 4.69) is 5.32 Å². The number of nitrogens with one attached hydrogen (secondary N) is 1. The molecule has 0 bridgehead atoms. The average molecular weight is 288 g/mol. The van der Waals surface area contributed by atoms with Crippen LogP contribution in [0.5, 0.6) is 5.75 Å². The summed E-state index contributed by atoms with van der Waals surface area (Å²) in [6, 6.07) is 10.9. The lowest BCUT2D eigenvalue weighted by Crippen LogP contribution is -2.25. The van der Waals surface area contributed by atoms with Crippen molar-refractivity contribution in [1.82, 2.24) is 5.32 Å². The van der Waals surface area contributed by atoms with Crippen LogP contribution in [-0.2, 0) is 6.42 Å². The highest BCUT2D eigenvalue weighted by molar-refractivity contribution is 5.91. The standard InChI is InChI=1S/C16H20N2O3/c1-11(17)14-7-8-15(21-14)16(19)18-10-9-12-3-5-13(20-2)6-4-12/h3-8,11H,9-10,17H2,1-2H3,(H,18,19). The second-order valence-electron chi connectivity index (χ2n) is 4.84. The lowest BCUT2D eigenvalue weighted by atomic mass is 10.1. The second-order valence-corrected chi connectivity index (χ2v) is 4.84. The summed E-state index contributed by atoms with van der Waals surface area (Å²) in [6.07, 6.45) is 0.747.